The predicted octanol–water partition coefficient (Wildman–Crippen LogP) is 1.09. The zero-order valence-corrected chi connectivity index (χ0v) is 8.22. The fourth-order valence-electron chi connectivity index (χ4n) is 1.40. The van der Waals surface area contributed by atoms with Gasteiger partial charge in [-0.2, -0.15) is 0 Å². The van der Waals surface area contributed by atoms with Gasteiger partial charge >= 0.3 is 17.9 Å². The summed E-state index contributed by atoms with van der Waals surface area (Å²) in [6.07, 6.45) is 0. The fraction of sp³-hybridized carbons (Fsp3) is 0.100. The lowest BCUT2D eigenvalue weighted by atomic mass is 9.97. The summed E-state index contributed by atoms with van der Waals surface area (Å²) in [6.45, 7) is 1.26. The minimum atomic E-state index is -1.46. The molecule has 84 valence electrons. The molecule has 0 fully saturated rings. The van der Waals surface area contributed by atoms with Crippen molar-refractivity contribution in [3.8, 4) is 0 Å². The molecule has 6 nitrogen and oxygen atoms in total. The van der Waals surface area contributed by atoms with Crippen LogP contribution >= 0.6 is 0 Å². The highest BCUT2D eigenvalue weighted by Gasteiger charge is 2.22. The molecule has 1 rings (SSSR count). The minimum absolute atomic E-state index is 0.0695. The smallest absolute Gasteiger partial charge is 0.336 e. The van der Waals surface area contributed by atoms with Crippen LogP contribution in [0.4, 0.5) is 0 Å². The van der Waals surface area contributed by atoms with Gasteiger partial charge in [0.05, 0.1) is 16.7 Å². The minimum Gasteiger partial charge on any atom is -0.478 e. The molecule has 6 heteroatoms. The van der Waals surface area contributed by atoms with E-state index in [2.05, 4.69) is 0 Å². The van der Waals surface area contributed by atoms with Gasteiger partial charge in [-0.25, -0.2) is 14.4 Å². The van der Waals surface area contributed by atoms with Gasteiger partial charge in [-0.3, -0.25) is 0 Å². The molecule has 16 heavy (non-hydrogen) atoms. The highest BCUT2D eigenvalue weighted by molar-refractivity contribution is 6.05. The first-order chi connectivity index (χ1) is 7.36. The van der Waals surface area contributed by atoms with Gasteiger partial charge < -0.3 is 15.3 Å². The molecule has 1 aromatic carbocycles. The normalized spacial score (nSPS) is 9.81. The summed E-state index contributed by atoms with van der Waals surface area (Å²) in [4.78, 5) is 32.4. The Morgan fingerprint density at radius 3 is 1.69 bits per heavy atom. The Bertz CT molecular complexity index is 488. The third kappa shape index (κ3) is 1.85. The van der Waals surface area contributed by atoms with Gasteiger partial charge in [0.1, 0.15) is 0 Å². The van der Waals surface area contributed by atoms with Crippen LogP contribution in [0.15, 0.2) is 12.1 Å². The first kappa shape index (κ1) is 11.7. The molecule has 0 amide bonds. The largest absolute Gasteiger partial charge is 0.478 e. The molecule has 0 unspecified atom stereocenters. The zero-order chi connectivity index (χ0) is 12.5. The Kier molecular flexibility index (Phi) is 2.94. The lowest BCUT2D eigenvalue weighted by Gasteiger charge is -2.08. The van der Waals surface area contributed by atoms with E-state index < -0.39 is 29.0 Å². The highest BCUT2D eigenvalue weighted by atomic mass is 16.4. The zero-order valence-electron chi connectivity index (χ0n) is 8.22. The van der Waals surface area contributed by atoms with Crippen molar-refractivity contribution in [2.24, 2.45) is 0 Å². The lowest BCUT2D eigenvalue weighted by Crippen LogP contribution is -2.13. The molecular weight excluding hydrogens is 216 g/mol. The van der Waals surface area contributed by atoms with Crippen LogP contribution in [0.5, 0.6) is 0 Å². The Labute approximate surface area is 89.8 Å². The van der Waals surface area contributed by atoms with E-state index in [-0.39, 0.29) is 11.1 Å². The lowest BCUT2D eigenvalue weighted by molar-refractivity contribution is 0.0648. The molecular formula is C10H8O6. The number of carboxylic acids is 3. The van der Waals surface area contributed by atoms with Gasteiger partial charge in [-0.05, 0) is 24.6 Å². The highest BCUT2D eigenvalue weighted by Crippen LogP contribution is 2.19. The van der Waals surface area contributed by atoms with Crippen LogP contribution in [0.1, 0.15) is 36.6 Å². The van der Waals surface area contributed by atoms with Gasteiger partial charge in [-0.1, -0.05) is 0 Å². The van der Waals surface area contributed by atoms with E-state index in [0.717, 1.165) is 12.1 Å². The van der Waals surface area contributed by atoms with Gasteiger partial charge in [0, 0.05) is 0 Å². The second-order valence-corrected chi connectivity index (χ2v) is 3.08. The summed E-state index contributed by atoms with van der Waals surface area (Å²) < 4.78 is 0. The molecule has 0 bridgehead atoms. The number of hydrogen-bond donors (Lipinski definition) is 3. The molecule has 1 aromatic rings. The molecule has 0 aliphatic heterocycles. The summed E-state index contributed by atoms with van der Waals surface area (Å²) >= 11 is 0. The fourth-order valence-corrected chi connectivity index (χ4v) is 1.40. The van der Waals surface area contributed by atoms with Crippen LogP contribution in [0.3, 0.4) is 0 Å². The monoisotopic (exact) mass is 224 g/mol. The summed E-state index contributed by atoms with van der Waals surface area (Å²) in [6, 6.07) is 2.05. The molecule has 0 aliphatic carbocycles. The van der Waals surface area contributed by atoms with Crippen LogP contribution in [0.2, 0.25) is 0 Å². The first-order valence-electron chi connectivity index (χ1n) is 4.19. The molecule has 3 N–H and O–H groups in total. The Morgan fingerprint density at radius 1 is 0.875 bits per heavy atom. The summed E-state index contributed by atoms with van der Waals surface area (Å²) in [5, 5.41) is 26.4. The Balaban J connectivity index is 3.60. The quantitative estimate of drug-likeness (QED) is 0.708. The number of rotatable bonds is 3. The SMILES string of the molecule is Cc1c(C(=O)O)ccc(C(=O)O)c1C(=O)O. The molecule has 0 aliphatic rings. The van der Waals surface area contributed by atoms with Gasteiger partial charge in [-0.15, -0.1) is 0 Å². The number of carboxylic acid groups (broad SMARTS) is 3. The van der Waals surface area contributed by atoms with Gasteiger partial charge in [0.25, 0.3) is 0 Å². The van der Waals surface area contributed by atoms with E-state index in [0.29, 0.717) is 0 Å². The maximum atomic E-state index is 10.9. The van der Waals surface area contributed by atoms with Crippen LogP contribution < -0.4 is 0 Å². The van der Waals surface area contributed by atoms with Gasteiger partial charge in [0.15, 0.2) is 0 Å². The van der Waals surface area contributed by atoms with Crippen molar-refractivity contribution in [3.05, 3.63) is 34.4 Å². The van der Waals surface area contributed by atoms with Crippen LogP contribution in [0.25, 0.3) is 0 Å². The number of aromatic carboxylic acids is 3. The van der Waals surface area contributed by atoms with Crippen LogP contribution in [-0.2, 0) is 0 Å². The third-order valence-electron chi connectivity index (χ3n) is 2.14. The van der Waals surface area contributed by atoms with Crippen molar-refractivity contribution in [2.75, 3.05) is 0 Å². The van der Waals surface area contributed by atoms with Crippen LogP contribution in [0, 0.1) is 6.92 Å². The molecule has 0 radical (unpaired) electrons. The van der Waals surface area contributed by atoms with Crippen molar-refractivity contribution in [1.82, 2.24) is 0 Å². The maximum Gasteiger partial charge on any atom is 0.336 e. The maximum absolute atomic E-state index is 10.9. The average molecular weight is 224 g/mol. The van der Waals surface area contributed by atoms with E-state index in [1.807, 2.05) is 0 Å². The second-order valence-electron chi connectivity index (χ2n) is 3.08. The molecule has 0 heterocycles. The second kappa shape index (κ2) is 4.01. The number of benzene rings is 1. The summed E-state index contributed by atoms with van der Waals surface area (Å²) in [5.74, 6) is -4.16. The van der Waals surface area contributed by atoms with Gasteiger partial charge in [0.2, 0.25) is 0 Å². The van der Waals surface area contributed by atoms with Crippen molar-refractivity contribution in [3.63, 3.8) is 0 Å². The topological polar surface area (TPSA) is 112 Å². The van der Waals surface area contributed by atoms with Crippen LogP contribution in [-0.4, -0.2) is 33.2 Å². The van der Waals surface area contributed by atoms with E-state index >= 15 is 0 Å². The predicted molar refractivity (Wildman–Crippen MR) is 52.1 cm³/mol. The van der Waals surface area contributed by atoms with E-state index in [4.69, 9.17) is 15.3 Å². The standard InChI is InChI=1S/C10H8O6/c1-4-5(8(11)12)2-3-6(9(13)14)7(4)10(15)16/h2-3H,1H3,(H,11,12)(H,13,14)(H,15,16). The van der Waals surface area contributed by atoms with Crippen molar-refractivity contribution < 1.29 is 29.7 Å². The molecule has 0 aromatic heterocycles. The van der Waals surface area contributed by atoms with E-state index in [1.165, 1.54) is 6.92 Å². The van der Waals surface area contributed by atoms with E-state index in [1.54, 1.807) is 0 Å². The molecule has 0 atom stereocenters. The number of carbonyl (C=O) groups is 3. The van der Waals surface area contributed by atoms with E-state index in [9.17, 15) is 14.4 Å². The summed E-state index contributed by atoms with van der Waals surface area (Å²) in [7, 11) is 0. The molecule has 0 saturated carbocycles. The Morgan fingerprint density at radius 2 is 1.31 bits per heavy atom. The first-order valence-corrected chi connectivity index (χ1v) is 4.19. The molecule has 0 saturated heterocycles. The number of hydrogen-bond acceptors (Lipinski definition) is 3. The average Bonchev–Trinajstić information content (AvgIpc) is 2.15. The molecule has 0 spiro atoms. The Hall–Kier alpha value is -2.37. The van der Waals surface area contributed by atoms with Crippen molar-refractivity contribution in [2.45, 2.75) is 6.92 Å². The summed E-state index contributed by atoms with van der Waals surface area (Å²) in [5.41, 5.74) is -1.20. The van der Waals surface area contributed by atoms with Crippen molar-refractivity contribution in [1.29, 1.82) is 0 Å². The van der Waals surface area contributed by atoms with Crippen molar-refractivity contribution >= 4 is 17.9 Å². The third-order valence-corrected chi connectivity index (χ3v) is 2.14.